The van der Waals surface area contributed by atoms with Crippen molar-refractivity contribution in [2.45, 2.75) is 126 Å². The highest BCUT2D eigenvalue weighted by Gasteiger charge is 2.71. The zero-order valence-electron chi connectivity index (χ0n) is 30.3. The van der Waals surface area contributed by atoms with Gasteiger partial charge in [0.05, 0.1) is 29.5 Å². The van der Waals surface area contributed by atoms with Crippen LogP contribution in [0, 0.1) is 46.3 Å². The molecule has 0 spiro atoms. The maximum Gasteiger partial charge on any atom is 0.240 e. The third kappa shape index (κ3) is 4.90. The number of ketones is 1. The molecule has 5 N–H and O–H groups in total. The molecule has 9 rings (SSSR count). The van der Waals surface area contributed by atoms with Crippen molar-refractivity contribution in [1.82, 2.24) is 10.2 Å². The zero-order chi connectivity index (χ0) is 35.6. The van der Waals surface area contributed by atoms with Crippen LogP contribution in [0.25, 0.3) is 0 Å². The summed E-state index contributed by atoms with van der Waals surface area (Å²) in [4.78, 5) is 28.9. The van der Waals surface area contributed by atoms with E-state index in [0.29, 0.717) is 38.9 Å². The number of aliphatic hydroxyl groups is 4. The molecule has 0 aromatic rings. The quantitative estimate of drug-likeness (QED) is 0.137. The molecule has 6 fully saturated rings. The predicted octanol–water partition coefficient (Wildman–Crippen LogP) is 2.10. The fourth-order valence-electron chi connectivity index (χ4n) is 12.6. The van der Waals surface area contributed by atoms with Gasteiger partial charge in [0.15, 0.2) is 11.5 Å². The third-order valence-corrected chi connectivity index (χ3v) is 15.5. The van der Waals surface area contributed by atoms with Gasteiger partial charge in [-0.05, 0) is 99.2 Å². The van der Waals surface area contributed by atoms with Gasteiger partial charge in [-0.3, -0.25) is 14.9 Å². The SMILES string of the molecule is COCCCO[C@H]1CC[C@@]2(C)[C@@H](C1)C(=O)C=C1[C@@H]2CC[C@]2(C)[C@@H]([C@](C)(O)[C@H](O)[C@H]3O[C@H]4[C@@H]([C@H]3C)[C@@H]3C=C[C@@]4(O)N[C@@H]3C(=O)N3CC3)CC[C@@]12O. The zero-order valence-corrected chi connectivity index (χ0v) is 30.3. The Hall–Kier alpha value is -1.70. The molecule has 0 aromatic carbocycles. The topological polar surface area (TPSA) is 158 Å². The first kappa shape index (κ1) is 35.3. The highest BCUT2D eigenvalue weighted by molar-refractivity contribution is 5.95. The molecule has 0 radical (unpaired) electrons. The smallest absolute Gasteiger partial charge is 0.240 e. The van der Waals surface area contributed by atoms with Gasteiger partial charge in [-0.15, -0.1) is 0 Å². The molecule has 5 aliphatic carbocycles. The van der Waals surface area contributed by atoms with Crippen LogP contribution < -0.4 is 5.32 Å². The van der Waals surface area contributed by atoms with E-state index in [1.54, 1.807) is 31.1 Å². The van der Waals surface area contributed by atoms with E-state index in [1.807, 2.05) is 19.9 Å². The lowest BCUT2D eigenvalue weighted by atomic mass is 9.46. The maximum atomic E-state index is 13.9. The van der Waals surface area contributed by atoms with Crippen molar-refractivity contribution in [2.24, 2.45) is 46.3 Å². The molecule has 2 bridgehead atoms. The van der Waals surface area contributed by atoms with Gasteiger partial charge in [0.1, 0.15) is 12.2 Å². The molecular weight excluding hydrogens is 640 g/mol. The van der Waals surface area contributed by atoms with E-state index in [2.05, 4.69) is 12.2 Å². The molecule has 0 unspecified atom stereocenters. The van der Waals surface area contributed by atoms with E-state index in [-0.39, 0.29) is 52.8 Å². The second kappa shape index (κ2) is 11.9. The van der Waals surface area contributed by atoms with Gasteiger partial charge in [-0.25, -0.2) is 0 Å². The first-order chi connectivity index (χ1) is 23.6. The average molecular weight is 699 g/mol. The van der Waals surface area contributed by atoms with Gasteiger partial charge >= 0.3 is 0 Å². The van der Waals surface area contributed by atoms with Gasteiger partial charge in [-0.2, -0.15) is 0 Å². The number of allylic oxidation sites excluding steroid dienone is 1. The number of carbonyl (C=O) groups is 2. The number of hydrogen-bond donors (Lipinski definition) is 5. The van der Waals surface area contributed by atoms with E-state index in [1.165, 1.54) is 0 Å². The summed E-state index contributed by atoms with van der Waals surface area (Å²) in [6.45, 7) is 10.6. The summed E-state index contributed by atoms with van der Waals surface area (Å²) >= 11 is 0. The monoisotopic (exact) mass is 698 g/mol. The maximum absolute atomic E-state index is 13.9. The second-order valence-corrected chi connectivity index (χ2v) is 18.0. The lowest BCUT2D eigenvalue weighted by Gasteiger charge is -2.60. The summed E-state index contributed by atoms with van der Waals surface area (Å²) in [5, 5.41) is 52.2. The Bertz CT molecular complexity index is 1460. The highest BCUT2D eigenvalue weighted by atomic mass is 16.5. The molecular formula is C39H58N2O9. The van der Waals surface area contributed by atoms with E-state index < -0.39 is 52.6 Å². The molecule has 4 heterocycles. The summed E-state index contributed by atoms with van der Waals surface area (Å²) in [6, 6.07) is -0.563. The minimum Gasteiger partial charge on any atom is -0.387 e. The van der Waals surface area contributed by atoms with Gasteiger partial charge in [0.2, 0.25) is 5.91 Å². The van der Waals surface area contributed by atoms with Crippen molar-refractivity contribution in [3.05, 3.63) is 23.8 Å². The second-order valence-electron chi connectivity index (χ2n) is 18.0. The fourth-order valence-corrected chi connectivity index (χ4v) is 12.6. The van der Waals surface area contributed by atoms with E-state index >= 15 is 0 Å². The Morgan fingerprint density at radius 2 is 1.90 bits per heavy atom. The summed E-state index contributed by atoms with van der Waals surface area (Å²) in [5.41, 5.74) is -4.71. The minimum absolute atomic E-state index is 0.0248. The number of ether oxygens (including phenoxy) is 3. The minimum atomic E-state index is -1.64. The Morgan fingerprint density at radius 1 is 1.14 bits per heavy atom. The number of hydrogen-bond acceptors (Lipinski definition) is 10. The number of methoxy groups -OCH3 is 1. The number of rotatable bonds is 9. The van der Waals surface area contributed by atoms with Crippen LogP contribution in [0.15, 0.2) is 23.8 Å². The van der Waals surface area contributed by atoms with Crippen molar-refractivity contribution in [1.29, 1.82) is 0 Å². The molecule has 3 saturated heterocycles. The molecule has 16 atom stereocenters. The standard InChI is InChI=1S/C39H58N2O9/c1-21-29-23-8-14-39(47,40-30(23)34(44)41-15-16-41)33(29)50-31(21)32(43)37(4,45)28-10-13-38(46)25-20-27(42)26-19-22(49-18-6-17-48-5)7-11-35(26,2)24(25)9-12-36(28,38)3/h8,14,20-24,26,28-33,40,43,45-47H,6-7,9-13,15-19H2,1-5H3/t21-,22+,23+,24+,26+,28+,29+,30+,31+,32-,33+,35-,36-,37+,38-,39+/m1/s1. The van der Waals surface area contributed by atoms with Crippen molar-refractivity contribution in [2.75, 3.05) is 33.4 Å². The molecule has 50 heavy (non-hydrogen) atoms. The Kier molecular flexibility index (Phi) is 8.41. The Morgan fingerprint density at radius 3 is 2.62 bits per heavy atom. The third-order valence-electron chi connectivity index (χ3n) is 15.5. The van der Waals surface area contributed by atoms with Gasteiger partial charge in [0.25, 0.3) is 0 Å². The number of amides is 1. The van der Waals surface area contributed by atoms with E-state index in [0.717, 1.165) is 44.3 Å². The summed E-state index contributed by atoms with van der Waals surface area (Å²) < 4.78 is 17.8. The number of piperidine rings is 1. The van der Waals surface area contributed by atoms with Crippen molar-refractivity contribution < 1.29 is 44.2 Å². The van der Waals surface area contributed by atoms with Crippen molar-refractivity contribution in [3.63, 3.8) is 0 Å². The fraction of sp³-hybridized carbons (Fsp3) is 0.846. The molecule has 0 aromatic heterocycles. The first-order valence-electron chi connectivity index (χ1n) is 19.2. The lowest BCUT2D eigenvalue weighted by molar-refractivity contribution is -0.208. The predicted molar refractivity (Wildman–Crippen MR) is 182 cm³/mol. The van der Waals surface area contributed by atoms with E-state index in [9.17, 15) is 30.0 Å². The van der Waals surface area contributed by atoms with Gasteiger partial charge in [-0.1, -0.05) is 26.8 Å². The van der Waals surface area contributed by atoms with Crippen LogP contribution in [0.2, 0.25) is 0 Å². The molecule has 3 saturated carbocycles. The number of fused-ring (bicyclic) bond motifs is 6. The van der Waals surface area contributed by atoms with Gasteiger partial charge < -0.3 is 39.5 Å². The van der Waals surface area contributed by atoms with Crippen LogP contribution in [0.1, 0.15) is 79.1 Å². The summed E-state index contributed by atoms with van der Waals surface area (Å²) in [6.07, 6.45) is 8.21. The summed E-state index contributed by atoms with van der Waals surface area (Å²) in [7, 11) is 1.68. The van der Waals surface area contributed by atoms with E-state index in [4.69, 9.17) is 14.2 Å². The van der Waals surface area contributed by atoms with Crippen LogP contribution in [-0.4, -0.2) is 118 Å². The Balaban J connectivity index is 1.02. The lowest BCUT2D eigenvalue weighted by Crippen LogP contribution is -2.71. The molecule has 4 aliphatic heterocycles. The van der Waals surface area contributed by atoms with Gasteiger partial charge in [0, 0.05) is 56.6 Å². The molecule has 9 aliphatic rings. The molecule has 278 valence electrons. The Labute approximate surface area is 295 Å². The summed E-state index contributed by atoms with van der Waals surface area (Å²) in [5.74, 6) is -1.20. The highest BCUT2D eigenvalue weighted by Crippen LogP contribution is 2.69. The molecule has 1 amide bonds. The van der Waals surface area contributed by atoms with Crippen LogP contribution in [-0.2, 0) is 23.8 Å². The number of nitrogens with zero attached hydrogens (tertiary/aromatic N) is 1. The largest absolute Gasteiger partial charge is 0.387 e. The van der Waals surface area contributed by atoms with Crippen molar-refractivity contribution in [3.8, 4) is 0 Å². The molecule has 11 nitrogen and oxygen atoms in total. The molecule has 11 heteroatoms. The van der Waals surface area contributed by atoms with Crippen LogP contribution >= 0.6 is 0 Å². The number of carbonyl (C=O) groups excluding carboxylic acids is 2. The van der Waals surface area contributed by atoms with Crippen LogP contribution in [0.5, 0.6) is 0 Å². The number of aliphatic hydroxyl groups excluding tert-OH is 1. The van der Waals surface area contributed by atoms with Crippen LogP contribution in [0.3, 0.4) is 0 Å². The average Bonchev–Trinajstić information content (AvgIpc) is 3.80. The normalized spacial score (nSPS) is 50.5. The van der Waals surface area contributed by atoms with Crippen LogP contribution in [0.4, 0.5) is 0 Å². The van der Waals surface area contributed by atoms with Crippen molar-refractivity contribution >= 4 is 11.7 Å². The number of nitrogens with one attached hydrogen (secondary N) is 1. The first-order valence-corrected chi connectivity index (χ1v) is 19.2.